The Morgan fingerprint density at radius 2 is 2.04 bits per heavy atom. The minimum atomic E-state index is -3.49. The van der Waals surface area contributed by atoms with Gasteiger partial charge in [-0.25, -0.2) is 18.5 Å². The number of allylic oxidation sites excluding steroid dienone is 1. The molecule has 0 aliphatic rings. The Labute approximate surface area is 165 Å². The summed E-state index contributed by atoms with van der Waals surface area (Å²) in [6.45, 7) is 4.06. The number of hydrogen-bond acceptors (Lipinski definition) is 6. The summed E-state index contributed by atoms with van der Waals surface area (Å²) < 4.78 is 24.3. The lowest BCUT2D eigenvalue weighted by Crippen LogP contribution is -2.22. The average molecular weight is 422 g/mol. The summed E-state index contributed by atoms with van der Waals surface area (Å²) in [7, 11) is -3.49. The van der Waals surface area contributed by atoms with E-state index in [9.17, 15) is 13.2 Å². The standard InChI is InChI=1S/C18H19N3O3S3/c1-2-9-21-17(22)16-14(12-15(26-16)13-7-4-3-5-8-13)20-18(21)25-10-6-11-27(19,23)24/h2-5,7-8,12H,1,6,9-11H2,(H2,19,23,24). The van der Waals surface area contributed by atoms with E-state index in [1.54, 1.807) is 10.6 Å². The zero-order valence-electron chi connectivity index (χ0n) is 14.5. The Morgan fingerprint density at radius 1 is 1.30 bits per heavy atom. The highest BCUT2D eigenvalue weighted by Crippen LogP contribution is 2.32. The number of aromatic nitrogens is 2. The number of thioether (sulfide) groups is 1. The molecule has 0 atom stereocenters. The maximum atomic E-state index is 12.9. The second-order valence-corrected chi connectivity index (χ2v) is 9.71. The highest BCUT2D eigenvalue weighted by Gasteiger charge is 2.15. The van der Waals surface area contributed by atoms with E-state index in [0.717, 1.165) is 10.4 Å². The molecule has 142 valence electrons. The van der Waals surface area contributed by atoms with Gasteiger partial charge < -0.3 is 0 Å². The Morgan fingerprint density at radius 3 is 2.70 bits per heavy atom. The zero-order chi connectivity index (χ0) is 19.4. The fourth-order valence-electron chi connectivity index (χ4n) is 2.56. The molecule has 0 saturated heterocycles. The molecule has 2 N–H and O–H groups in total. The van der Waals surface area contributed by atoms with Crippen LogP contribution in [0.5, 0.6) is 0 Å². The van der Waals surface area contributed by atoms with Crippen molar-refractivity contribution in [2.24, 2.45) is 5.14 Å². The van der Waals surface area contributed by atoms with Crippen molar-refractivity contribution in [1.82, 2.24) is 9.55 Å². The maximum Gasteiger partial charge on any atom is 0.272 e. The molecular formula is C18H19N3O3S3. The average Bonchev–Trinajstić information content (AvgIpc) is 3.06. The second-order valence-electron chi connectivity index (χ2n) is 5.86. The number of primary sulfonamides is 1. The van der Waals surface area contributed by atoms with E-state index in [1.165, 1.54) is 23.1 Å². The van der Waals surface area contributed by atoms with Crippen molar-refractivity contribution in [3.8, 4) is 10.4 Å². The van der Waals surface area contributed by atoms with Crippen molar-refractivity contribution in [3.63, 3.8) is 0 Å². The van der Waals surface area contributed by atoms with Crippen LogP contribution in [-0.2, 0) is 16.6 Å². The predicted octanol–water partition coefficient (Wildman–Crippen LogP) is 3.08. The molecule has 6 nitrogen and oxygen atoms in total. The van der Waals surface area contributed by atoms with Gasteiger partial charge in [0.05, 0.1) is 11.3 Å². The van der Waals surface area contributed by atoms with Crippen molar-refractivity contribution < 1.29 is 8.42 Å². The first-order valence-electron chi connectivity index (χ1n) is 8.23. The molecule has 0 aliphatic heterocycles. The number of hydrogen-bond donors (Lipinski definition) is 1. The van der Waals surface area contributed by atoms with E-state index in [-0.39, 0.29) is 11.3 Å². The minimum Gasteiger partial charge on any atom is -0.283 e. The monoisotopic (exact) mass is 421 g/mol. The summed E-state index contributed by atoms with van der Waals surface area (Å²) in [6.07, 6.45) is 2.04. The zero-order valence-corrected chi connectivity index (χ0v) is 16.9. The van der Waals surface area contributed by atoms with Crippen molar-refractivity contribution in [2.45, 2.75) is 18.1 Å². The van der Waals surface area contributed by atoms with Crippen LogP contribution in [0.4, 0.5) is 0 Å². The number of nitrogens with two attached hydrogens (primary N) is 1. The maximum absolute atomic E-state index is 12.9. The number of thiophene rings is 1. The Hall–Kier alpha value is -1.94. The molecule has 0 bridgehead atoms. The molecular weight excluding hydrogens is 402 g/mol. The van der Waals surface area contributed by atoms with Gasteiger partial charge in [-0.15, -0.1) is 17.9 Å². The Balaban J connectivity index is 1.96. The molecule has 3 aromatic rings. The second kappa shape index (κ2) is 8.39. The van der Waals surface area contributed by atoms with Crippen molar-refractivity contribution in [2.75, 3.05) is 11.5 Å². The molecule has 0 spiro atoms. The van der Waals surface area contributed by atoms with Gasteiger partial charge >= 0.3 is 0 Å². The van der Waals surface area contributed by atoms with Crippen molar-refractivity contribution in [1.29, 1.82) is 0 Å². The van der Waals surface area contributed by atoms with Gasteiger partial charge in [-0.2, -0.15) is 0 Å². The quantitative estimate of drug-likeness (QED) is 0.261. The Bertz CT molecular complexity index is 1120. The van der Waals surface area contributed by atoms with Gasteiger partial charge in [0.1, 0.15) is 4.70 Å². The van der Waals surface area contributed by atoms with E-state index >= 15 is 0 Å². The molecule has 0 amide bonds. The van der Waals surface area contributed by atoms with Gasteiger partial charge in [-0.1, -0.05) is 48.2 Å². The van der Waals surface area contributed by atoms with Gasteiger partial charge in [-0.05, 0) is 18.1 Å². The largest absolute Gasteiger partial charge is 0.283 e. The van der Waals surface area contributed by atoms with E-state index in [0.29, 0.717) is 34.1 Å². The van der Waals surface area contributed by atoms with Crippen LogP contribution < -0.4 is 10.7 Å². The molecule has 0 radical (unpaired) electrons. The number of fused-ring (bicyclic) bond motifs is 1. The summed E-state index contributed by atoms with van der Waals surface area (Å²) in [6, 6.07) is 11.8. The number of rotatable bonds is 8. The first kappa shape index (κ1) is 19.8. The molecule has 2 heterocycles. The van der Waals surface area contributed by atoms with Gasteiger partial charge in [0.15, 0.2) is 5.16 Å². The fourth-order valence-corrected chi connectivity index (χ4v) is 5.29. The van der Waals surface area contributed by atoms with Crippen LogP contribution in [0.25, 0.3) is 20.7 Å². The van der Waals surface area contributed by atoms with E-state index in [2.05, 4.69) is 11.6 Å². The first-order chi connectivity index (χ1) is 12.9. The van der Waals surface area contributed by atoms with Crippen LogP contribution in [-0.4, -0.2) is 29.5 Å². The smallest absolute Gasteiger partial charge is 0.272 e. The fraction of sp³-hybridized carbons (Fsp3) is 0.222. The van der Waals surface area contributed by atoms with Crippen LogP contribution in [0.3, 0.4) is 0 Å². The molecule has 0 fully saturated rings. The number of benzene rings is 1. The summed E-state index contributed by atoms with van der Waals surface area (Å²) in [4.78, 5) is 18.6. The van der Waals surface area contributed by atoms with Crippen molar-refractivity contribution >= 4 is 43.3 Å². The third kappa shape index (κ3) is 4.86. The van der Waals surface area contributed by atoms with Crippen LogP contribution in [0.2, 0.25) is 0 Å². The van der Waals surface area contributed by atoms with Crippen LogP contribution >= 0.6 is 23.1 Å². The molecule has 0 saturated carbocycles. The van der Waals surface area contributed by atoms with Gasteiger partial charge in [0.2, 0.25) is 10.0 Å². The van der Waals surface area contributed by atoms with Gasteiger partial charge in [0, 0.05) is 17.2 Å². The van der Waals surface area contributed by atoms with Crippen LogP contribution in [0.15, 0.2) is 59.0 Å². The predicted molar refractivity (Wildman–Crippen MR) is 113 cm³/mol. The third-order valence-electron chi connectivity index (χ3n) is 3.77. The van der Waals surface area contributed by atoms with E-state index < -0.39 is 10.0 Å². The summed E-state index contributed by atoms with van der Waals surface area (Å²) in [5.74, 6) is 0.408. The molecule has 1 aromatic carbocycles. The van der Waals surface area contributed by atoms with Gasteiger partial charge in [0.25, 0.3) is 5.56 Å². The molecule has 0 unspecified atom stereocenters. The number of sulfonamides is 1. The molecule has 0 aliphatic carbocycles. The molecule has 2 aromatic heterocycles. The topological polar surface area (TPSA) is 95.1 Å². The normalized spacial score (nSPS) is 11.7. The number of nitrogens with zero attached hydrogens (tertiary/aromatic N) is 2. The summed E-state index contributed by atoms with van der Waals surface area (Å²) in [5.41, 5.74) is 1.58. The van der Waals surface area contributed by atoms with Gasteiger partial charge in [-0.3, -0.25) is 9.36 Å². The lowest BCUT2D eigenvalue weighted by atomic mass is 10.2. The molecule has 27 heavy (non-hydrogen) atoms. The minimum absolute atomic E-state index is 0.0927. The van der Waals surface area contributed by atoms with E-state index in [1.807, 2.05) is 36.4 Å². The van der Waals surface area contributed by atoms with Crippen LogP contribution in [0.1, 0.15) is 6.42 Å². The highest BCUT2D eigenvalue weighted by molar-refractivity contribution is 7.99. The summed E-state index contributed by atoms with van der Waals surface area (Å²) in [5, 5.41) is 5.58. The first-order valence-corrected chi connectivity index (χ1v) is 11.7. The Kier molecular flexibility index (Phi) is 6.15. The van der Waals surface area contributed by atoms with Crippen molar-refractivity contribution in [3.05, 3.63) is 59.4 Å². The van der Waals surface area contributed by atoms with E-state index in [4.69, 9.17) is 5.14 Å². The van der Waals surface area contributed by atoms with Crippen LogP contribution in [0, 0.1) is 0 Å². The summed E-state index contributed by atoms with van der Waals surface area (Å²) >= 11 is 2.77. The molecule has 3 rings (SSSR count). The highest BCUT2D eigenvalue weighted by atomic mass is 32.2. The molecule has 9 heteroatoms. The lowest BCUT2D eigenvalue weighted by Gasteiger charge is -2.09. The third-order valence-corrected chi connectivity index (χ3v) is 6.85. The SMILES string of the molecule is C=CCn1c(SCCCS(N)(=O)=O)nc2cc(-c3ccccc3)sc2c1=O. The lowest BCUT2D eigenvalue weighted by molar-refractivity contribution is 0.596.